The van der Waals surface area contributed by atoms with Crippen LogP contribution in [0.1, 0.15) is 24.8 Å². The lowest BCUT2D eigenvalue weighted by Gasteiger charge is -2.16. The van der Waals surface area contributed by atoms with Gasteiger partial charge in [0, 0.05) is 12.4 Å². The van der Waals surface area contributed by atoms with E-state index in [1.165, 1.54) is 18.4 Å². The Morgan fingerprint density at radius 1 is 1.44 bits per heavy atom. The standard InChI is InChI=1S/C13H17ClN4/c1-10-6-11(18-12(7-10)16-9-17-18)15-8-13(2-3-13)4-5-14/h6-7,9,15H,2-5,8H2,1H3. The zero-order chi connectivity index (χ0) is 12.6. The van der Waals surface area contributed by atoms with E-state index in [-0.39, 0.29) is 0 Å². The third-order valence-electron chi connectivity index (χ3n) is 3.75. The number of hydrogen-bond donors (Lipinski definition) is 1. The summed E-state index contributed by atoms with van der Waals surface area (Å²) in [5, 5.41) is 7.75. The molecule has 0 bridgehead atoms. The van der Waals surface area contributed by atoms with Crippen molar-refractivity contribution < 1.29 is 0 Å². The fraction of sp³-hybridized carbons (Fsp3) is 0.538. The van der Waals surface area contributed by atoms with E-state index < -0.39 is 0 Å². The van der Waals surface area contributed by atoms with Gasteiger partial charge < -0.3 is 5.32 Å². The number of alkyl halides is 1. The molecule has 0 atom stereocenters. The zero-order valence-corrected chi connectivity index (χ0v) is 11.2. The lowest BCUT2D eigenvalue weighted by Crippen LogP contribution is -2.17. The molecule has 0 unspecified atom stereocenters. The predicted molar refractivity (Wildman–Crippen MR) is 73.2 cm³/mol. The number of aryl methyl sites for hydroxylation is 1. The van der Waals surface area contributed by atoms with Crippen LogP contribution in [0.4, 0.5) is 5.82 Å². The van der Waals surface area contributed by atoms with Crippen molar-refractivity contribution in [3.05, 3.63) is 24.0 Å². The summed E-state index contributed by atoms with van der Waals surface area (Å²) in [5.41, 5.74) is 2.50. The molecule has 2 aromatic heterocycles. The first kappa shape index (κ1) is 11.8. The number of halogens is 1. The molecule has 0 amide bonds. The fourth-order valence-electron chi connectivity index (χ4n) is 2.35. The molecule has 0 aliphatic heterocycles. The highest BCUT2D eigenvalue weighted by Crippen LogP contribution is 2.48. The van der Waals surface area contributed by atoms with Crippen LogP contribution < -0.4 is 5.32 Å². The predicted octanol–water partition coefficient (Wildman–Crippen LogP) is 2.86. The second-order valence-corrected chi connectivity index (χ2v) is 5.62. The third-order valence-corrected chi connectivity index (χ3v) is 3.94. The number of fused-ring (bicyclic) bond motifs is 1. The van der Waals surface area contributed by atoms with Crippen molar-refractivity contribution in [3.8, 4) is 0 Å². The molecule has 0 spiro atoms. The second-order valence-electron chi connectivity index (χ2n) is 5.24. The van der Waals surface area contributed by atoms with E-state index in [2.05, 4.69) is 28.4 Å². The molecule has 0 saturated heterocycles. The Morgan fingerprint density at radius 2 is 2.28 bits per heavy atom. The van der Waals surface area contributed by atoms with Crippen LogP contribution in [0.25, 0.3) is 5.65 Å². The van der Waals surface area contributed by atoms with E-state index in [9.17, 15) is 0 Å². The fourth-order valence-corrected chi connectivity index (χ4v) is 2.75. The lowest BCUT2D eigenvalue weighted by molar-refractivity contribution is 0.523. The van der Waals surface area contributed by atoms with E-state index in [4.69, 9.17) is 11.6 Å². The number of aromatic nitrogens is 3. The van der Waals surface area contributed by atoms with Gasteiger partial charge in [-0.25, -0.2) is 4.98 Å². The first-order chi connectivity index (χ1) is 8.72. The molecule has 2 heterocycles. The first-order valence-corrected chi connectivity index (χ1v) is 6.86. The van der Waals surface area contributed by atoms with Gasteiger partial charge in [0.2, 0.25) is 0 Å². The summed E-state index contributed by atoms with van der Waals surface area (Å²) < 4.78 is 1.85. The van der Waals surface area contributed by atoms with E-state index in [0.717, 1.165) is 30.3 Å². The van der Waals surface area contributed by atoms with Crippen molar-refractivity contribution in [3.63, 3.8) is 0 Å². The van der Waals surface area contributed by atoms with Gasteiger partial charge in [0.15, 0.2) is 5.65 Å². The SMILES string of the molecule is Cc1cc(NCC2(CCCl)CC2)n2ncnc2c1. The van der Waals surface area contributed by atoms with Crippen LogP contribution in [-0.2, 0) is 0 Å². The average molecular weight is 265 g/mol. The summed E-state index contributed by atoms with van der Waals surface area (Å²) in [6, 6.07) is 4.14. The van der Waals surface area contributed by atoms with Crippen LogP contribution in [0.2, 0.25) is 0 Å². The second kappa shape index (κ2) is 4.43. The molecular weight excluding hydrogens is 248 g/mol. The number of hydrogen-bond acceptors (Lipinski definition) is 3. The van der Waals surface area contributed by atoms with Gasteiger partial charge in [-0.15, -0.1) is 11.6 Å². The summed E-state index contributed by atoms with van der Waals surface area (Å²) in [7, 11) is 0. The van der Waals surface area contributed by atoms with Crippen LogP contribution >= 0.6 is 11.6 Å². The monoisotopic (exact) mass is 264 g/mol. The largest absolute Gasteiger partial charge is 0.369 e. The Bertz CT molecular complexity index is 559. The summed E-state index contributed by atoms with van der Waals surface area (Å²) in [6.07, 6.45) is 5.23. The van der Waals surface area contributed by atoms with Crippen molar-refractivity contribution in [2.45, 2.75) is 26.2 Å². The summed E-state index contributed by atoms with van der Waals surface area (Å²) >= 11 is 5.86. The van der Waals surface area contributed by atoms with Gasteiger partial charge in [0.1, 0.15) is 12.1 Å². The molecule has 1 N–H and O–H groups in total. The molecule has 5 heteroatoms. The molecule has 96 valence electrons. The third kappa shape index (κ3) is 2.17. The average Bonchev–Trinajstić information content (AvgIpc) is 2.94. The molecule has 0 aromatic carbocycles. The van der Waals surface area contributed by atoms with Crippen LogP contribution in [0.15, 0.2) is 18.5 Å². The topological polar surface area (TPSA) is 42.2 Å². The minimum atomic E-state index is 0.415. The van der Waals surface area contributed by atoms with Crippen LogP contribution in [0.3, 0.4) is 0 Å². The van der Waals surface area contributed by atoms with E-state index in [0.29, 0.717) is 5.41 Å². The number of anilines is 1. The summed E-state index contributed by atoms with van der Waals surface area (Å²) in [4.78, 5) is 4.23. The van der Waals surface area contributed by atoms with Crippen LogP contribution in [0.5, 0.6) is 0 Å². The van der Waals surface area contributed by atoms with Crippen LogP contribution in [-0.4, -0.2) is 27.0 Å². The van der Waals surface area contributed by atoms with Gasteiger partial charge in [-0.05, 0) is 49.3 Å². The highest BCUT2D eigenvalue weighted by atomic mass is 35.5. The molecule has 0 radical (unpaired) electrons. The van der Waals surface area contributed by atoms with Crippen LogP contribution in [0, 0.1) is 12.3 Å². The lowest BCUT2D eigenvalue weighted by atomic mass is 10.0. The van der Waals surface area contributed by atoms with Gasteiger partial charge in [0.25, 0.3) is 0 Å². The Hall–Kier alpha value is -1.29. The van der Waals surface area contributed by atoms with E-state index >= 15 is 0 Å². The highest BCUT2D eigenvalue weighted by Gasteiger charge is 2.41. The van der Waals surface area contributed by atoms with E-state index in [1.807, 2.05) is 10.6 Å². The number of pyridine rings is 1. The minimum absolute atomic E-state index is 0.415. The molecule has 2 aromatic rings. The molecule has 1 saturated carbocycles. The summed E-state index contributed by atoms with van der Waals surface area (Å²) in [5.74, 6) is 1.76. The van der Waals surface area contributed by atoms with Crippen molar-refractivity contribution in [2.75, 3.05) is 17.7 Å². The molecule has 18 heavy (non-hydrogen) atoms. The smallest absolute Gasteiger partial charge is 0.157 e. The van der Waals surface area contributed by atoms with Gasteiger partial charge in [-0.1, -0.05) is 0 Å². The zero-order valence-electron chi connectivity index (χ0n) is 10.5. The summed E-state index contributed by atoms with van der Waals surface area (Å²) in [6.45, 7) is 3.05. The van der Waals surface area contributed by atoms with Crippen molar-refractivity contribution in [1.82, 2.24) is 14.6 Å². The Morgan fingerprint density at radius 3 is 3.00 bits per heavy atom. The van der Waals surface area contributed by atoms with Gasteiger partial charge in [-0.2, -0.15) is 9.61 Å². The maximum atomic E-state index is 5.86. The first-order valence-electron chi connectivity index (χ1n) is 6.33. The Balaban J connectivity index is 1.80. The number of nitrogens with zero attached hydrogens (tertiary/aromatic N) is 3. The molecule has 1 aliphatic carbocycles. The van der Waals surface area contributed by atoms with Crippen molar-refractivity contribution >= 4 is 23.1 Å². The molecule has 1 aliphatic rings. The minimum Gasteiger partial charge on any atom is -0.369 e. The number of nitrogens with one attached hydrogen (secondary N) is 1. The molecule has 3 rings (SSSR count). The van der Waals surface area contributed by atoms with Gasteiger partial charge in [0.05, 0.1) is 0 Å². The van der Waals surface area contributed by atoms with E-state index in [1.54, 1.807) is 6.33 Å². The Kier molecular flexibility index (Phi) is 2.90. The molecular formula is C13H17ClN4. The van der Waals surface area contributed by atoms with Crippen molar-refractivity contribution in [2.24, 2.45) is 5.41 Å². The molecule has 4 nitrogen and oxygen atoms in total. The van der Waals surface area contributed by atoms with Crippen molar-refractivity contribution in [1.29, 1.82) is 0 Å². The van der Waals surface area contributed by atoms with Gasteiger partial charge >= 0.3 is 0 Å². The van der Waals surface area contributed by atoms with Gasteiger partial charge in [-0.3, -0.25) is 0 Å². The maximum absolute atomic E-state index is 5.86. The highest BCUT2D eigenvalue weighted by molar-refractivity contribution is 6.17. The quantitative estimate of drug-likeness (QED) is 0.845. The number of rotatable bonds is 5. The normalized spacial score (nSPS) is 17.0. The molecule has 1 fully saturated rings. The Labute approximate surface area is 111 Å². The maximum Gasteiger partial charge on any atom is 0.157 e.